The van der Waals surface area contributed by atoms with Crippen LogP contribution in [-0.2, 0) is 22.5 Å². The average Bonchev–Trinajstić information content (AvgIpc) is 3.23. The van der Waals surface area contributed by atoms with Crippen molar-refractivity contribution in [3.8, 4) is 5.75 Å². The number of nitrogens with zero attached hydrogens (tertiary/aromatic N) is 5. The lowest BCUT2D eigenvalue weighted by Crippen LogP contribution is -2.48. The summed E-state index contributed by atoms with van der Waals surface area (Å²) in [5.41, 5.74) is 10.1. The molecule has 9 nitrogen and oxygen atoms in total. The van der Waals surface area contributed by atoms with E-state index in [1.165, 1.54) is 4.90 Å². The van der Waals surface area contributed by atoms with E-state index in [1.807, 2.05) is 48.5 Å². The first kappa shape index (κ1) is 23.1. The van der Waals surface area contributed by atoms with Crippen LogP contribution in [0.5, 0.6) is 5.75 Å². The van der Waals surface area contributed by atoms with Crippen LogP contribution in [0.2, 0.25) is 0 Å². The van der Waals surface area contributed by atoms with E-state index in [0.29, 0.717) is 31.1 Å². The summed E-state index contributed by atoms with van der Waals surface area (Å²) in [4.78, 5) is 22.3. The third-order valence-corrected chi connectivity index (χ3v) is 5.15. The molecule has 0 saturated carbocycles. The van der Waals surface area contributed by atoms with E-state index in [9.17, 15) is 4.79 Å². The van der Waals surface area contributed by atoms with Crippen LogP contribution in [0.3, 0.4) is 0 Å². The van der Waals surface area contributed by atoms with E-state index in [4.69, 9.17) is 25.1 Å². The maximum Gasteiger partial charge on any atom is 0.254 e. The molecule has 1 amide bonds. The number of amides is 1. The minimum absolute atomic E-state index is 0.0801. The number of carbonyl (C=O) groups is 1. The summed E-state index contributed by atoms with van der Waals surface area (Å²) >= 11 is 0. The van der Waals surface area contributed by atoms with Gasteiger partial charge in [-0.25, -0.2) is 4.99 Å². The van der Waals surface area contributed by atoms with Crippen molar-refractivity contribution in [3.05, 3.63) is 75.7 Å². The van der Waals surface area contributed by atoms with Crippen LogP contribution in [0, 0.1) is 0 Å². The van der Waals surface area contributed by atoms with Crippen LogP contribution < -0.4 is 4.74 Å². The molecule has 0 bridgehead atoms. The number of hydrogen-bond donors (Lipinski definition) is 1. The van der Waals surface area contributed by atoms with E-state index in [1.54, 1.807) is 14.1 Å². The van der Waals surface area contributed by atoms with E-state index in [2.05, 4.69) is 10.0 Å². The van der Waals surface area contributed by atoms with Crippen molar-refractivity contribution in [1.29, 1.82) is 0 Å². The lowest BCUT2D eigenvalue weighted by atomic mass is 9.88. The van der Waals surface area contributed by atoms with Crippen molar-refractivity contribution >= 4 is 11.8 Å². The van der Waals surface area contributed by atoms with Gasteiger partial charge in [0, 0.05) is 44.0 Å². The van der Waals surface area contributed by atoms with Crippen molar-refractivity contribution in [2.75, 3.05) is 33.9 Å². The molecule has 32 heavy (non-hydrogen) atoms. The molecule has 1 aliphatic rings. The van der Waals surface area contributed by atoms with E-state index < -0.39 is 5.54 Å². The highest BCUT2D eigenvalue weighted by Crippen LogP contribution is 2.30. The van der Waals surface area contributed by atoms with Gasteiger partial charge in [0.15, 0.2) is 5.54 Å². The van der Waals surface area contributed by atoms with Crippen LogP contribution >= 0.6 is 0 Å². The van der Waals surface area contributed by atoms with Gasteiger partial charge in [0.2, 0.25) is 5.90 Å². The smallest absolute Gasteiger partial charge is 0.254 e. The molecule has 2 aromatic rings. The summed E-state index contributed by atoms with van der Waals surface area (Å²) in [5, 5.41) is 12.5. The summed E-state index contributed by atoms with van der Waals surface area (Å²) in [6.07, 6.45) is 0.890. The zero-order valence-corrected chi connectivity index (χ0v) is 18.3. The summed E-state index contributed by atoms with van der Waals surface area (Å²) in [6.45, 7) is 0.831. The molecular weight excluding hydrogens is 410 g/mol. The Kier molecular flexibility index (Phi) is 7.70. The molecule has 1 aliphatic heterocycles. The number of benzene rings is 2. The van der Waals surface area contributed by atoms with Gasteiger partial charge in [0.05, 0.1) is 13.2 Å². The highest BCUT2D eigenvalue weighted by molar-refractivity contribution is 6.00. The quantitative estimate of drug-likeness (QED) is 0.266. The molecule has 0 unspecified atom stereocenters. The minimum Gasteiger partial charge on any atom is -0.494 e. The molecule has 0 fully saturated rings. The van der Waals surface area contributed by atoms with E-state index >= 15 is 0 Å². The molecule has 1 heterocycles. The fourth-order valence-corrected chi connectivity index (χ4v) is 3.54. The first-order valence-electron chi connectivity index (χ1n) is 10.4. The summed E-state index contributed by atoms with van der Waals surface area (Å²) in [5.74, 6) is 0.924. The fourth-order valence-electron chi connectivity index (χ4n) is 3.54. The van der Waals surface area contributed by atoms with Gasteiger partial charge < -0.3 is 19.5 Å². The number of ether oxygens (including phenoxy) is 2. The molecule has 0 radical (unpaired) electrons. The molecule has 2 aromatic carbocycles. The number of aliphatic hydroxyl groups is 1. The van der Waals surface area contributed by atoms with Gasteiger partial charge >= 0.3 is 0 Å². The van der Waals surface area contributed by atoms with E-state index in [-0.39, 0.29) is 25.7 Å². The monoisotopic (exact) mass is 437 g/mol. The van der Waals surface area contributed by atoms with Crippen molar-refractivity contribution in [2.24, 2.45) is 10.1 Å². The van der Waals surface area contributed by atoms with E-state index in [0.717, 1.165) is 16.7 Å². The van der Waals surface area contributed by atoms with Gasteiger partial charge in [0.1, 0.15) is 12.4 Å². The van der Waals surface area contributed by atoms with Gasteiger partial charge in [-0.3, -0.25) is 4.79 Å². The second-order valence-electron chi connectivity index (χ2n) is 7.72. The third kappa shape index (κ3) is 5.38. The molecule has 1 N–H and O–H groups in total. The van der Waals surface area contributed by atoms with Crippen LogP contribution in [-0.4, -0.2) is 61.3 Å². The number of aliphatic hydroxyl groups excluding tert-OH is 1. The van der Waals surface area contributed by atoms with Crippen molar-refractivity contribution in [1.82, 2.24) is 4.90 Å². The second kappa shape index (κ2) is 10.7. The number of carbonyl (C=O) groups excluding carboxylic acids is 1. The number of aliphatic imine (C=N–C) groups is 1. The molecule has 168 valence electrons. The van der Waals surface area contributed by atoms with Crippen molar-refractivity contribution in [2.45, 2.75) is 24.9 Å². The summed E-state index contributed by atoms with van der Waals surface area (Å²) in [7, 11) is 3.39. The first-order chi connectivity index (χ1) is 15.5. The standard InChI is InChI=1S/C23H27N5O4/c1-28(2)22(30)23(14-18-6-3-4-7-19(18)15-25-27-24)16-32-21(26-23)17-8-10-20(11-9-17)31-13-5-12-29/h3-4,6-11,29H,5,12-16H2,1-2H3/t23-/m1/s1. The molecule has 3 rings (SSSR count). The molecule has 0 saturated heterocycles. The molecule has 0 aromatic heterocycles. The predicted molar refractivity (Wildman–Crippen MR) is 121 cm³/mol. The maximum atomic E-state index is 13.2. The topological polar surface area (TPSA) is 120 Å². The Morgan fingerprint density at radius 1 is 1.25 bits per heavy atom. The highest BCUT2D eigenvalue weighted by Gasteiger charge is 2.45. The van der Waals surface area contributed by atoms with Crippen LogP contribution in [0.25, 0.3) is 10.4 Å². The first-order valence-corrected chi connectivity index (χ1v) is 10.4. The molecule has 0 spiro atoms. The maximum absolute atomic E-state index is 13.2. The summed E-state index contributed by atoms with van der Waals surface area (Å²) in [6, 6.07) is 14.8. The normalized spacial score (nSPS) is 17.2. The van der Waals surface area contributed by atoms with Crippen molar-refractivity contribution < 1.29 is 19.4 Å². The van der Waals surface area contributed by atoms with Gasteiger partial charge in [0.25, 0.3) is 5.91 Å². The third-order valence-electron chi connectivity index (χ3n) is 5.15. The Morgan fingerprint density at radius 2 is 1.97 bits per heavy atom. The number of azide groups is 1. The molecule has 9 heteroatoms. The Hall–Kier alpha value is -3.55. The second-order valence-corrected chi connectivity index (χ2v) is 7.72. The van der Waals surface area contributed by atoms with Crippen LogP contribution in [0.1, 0.15) is 23.1 Å². The Balaban J connectivity index is 1.89. The SMILES string of the molecule is CN(C)C(=O)[C@@]1(Cc2ccccc2CN=[N+]=[N-])COC(c2ccc(OCCCO)cc2)=N1. The van der Waals surface area contributed by atoms with Gasteiger partial charge in [-0.15, -0.1) is 0 Å². The average molecular weight is 438 g/mol. The number of likely N-dealkylation sites (N-methyl/N-ethyl adjacent to an activating group) is 1. The Morgan fingerprint density at radius 3 is 2.62 bits per heavy atom. The van der Waals surface area contributed by atoms with Crippen LogP contribution in [0.4, 0.5) is 0 Å². The lowest BCUT2D eigenvalue weighted by Gasteiger charge is -2.27. The number of rotatable bonds is 10. The lowest BCUT2D eigenvalue weighted by molar-refractivity contribution is -0.134. The highest BCUT2D eigenvalue weighted by atomic mass is 16.5. The number of hydrogen-bond acceptors (Lipinski definition) is 6. The minimum atomic E-state index is -1.11. The van der Waals surface area contributed by atoms with Gasteiger partial charge in [-0.05, 0) is 40.9 Å². The Bertz CT molecular complexity index is 1020. The van der Waals surface area contributed by atoms with Gasteiger partial charge in [-0.2, -0.15) is 0 Å². The molecule has 0 aliphatic carbocycles. The fraction of sp³-hybridized carbons (Fsp3) is 0.391. The zero-order chi connectivity index (χ0) is 23.0. The predicted octanol–water partition coefficient (Wildman–Crippen LogP) is 3.10. The largest absolute Gasteiger partial charge is 0.494 e. The Labute approximate surface area is 186 Å². The zero-order valence-electron chi connectivity index (χ0n) is 18.3. The summed E-state index contributed by atoms with van der Waals surface area (Å²) < 4.78 is 11.5. The van der Waals surface area contributed by atoms with Gasteiger partial charge in [-0.1, -0.05) is 29.4 Å². The van der Waals surface area contributed by atoms with Crippen molar-refractivity contribution in [3.63, 3.8) is 0 Å². The van der Waals surface area contributed by atoms with Crippen LogP contribution in [0.15, 0.2) is 58.6 Å². The molecule has 1 atom stereocenters. The molecular formula is C23H27N5O4.